The molecular weight excluding hydrogens is 330 g/mol. The molecule has 0 bridgehead atoms. The molecule has 0 radical (unpaired) electrons. The first-order chi connectivity index (χ1) is 11.3. The van der Waals surface area contributed by atoms with Gasteiger partial charge >= 0.3 is 6.03 Å². The van der Waals surface area contributed by atoms with Gasteiger partial charge in [0.25, 0.3) is 0 Å². The average Bonchev–Trinajstić information content (AvgIpc) is 3.06. The highest BCUT2D eigenvalue weighted by Crippen LogP contribution is 2.19. The Bertz CT molecular complexity index is 693. The van der Waals surface area contributed by atoms with Crippen LogP contribution in [0, 0.1) is 0 Å². The monoisotopic (exact) mass is 351 g/mol. The van der Waals surface area contributed by atoms with Gasteiger partial charge in [-0.15, -0.1) is 17.5 Å². The molecule has 4 rings (SSSR count). The van der Waals surface area contributed by atoms with Crippen molar-refractivity contribution in [2.75, 3.05) is 39.4 Å². The second-order valence-electron chi connectivity index (χ2n) is 6.14. The summed E-state index contributed by atoms with van der Waals surface area (Å²) >= 11 is 0. The maximum absolute atomic E-state index is 12.7. The van der Waals surface area contributed by atoms with Gasteiger partial charge in [0.15, 0.2) is 0 Å². The van der Waals surface area contributed by atoms with Crippen LogP contribution in [0.25, 0.3) is 11.0 Å². The number of aromatic nitrogens is 3. The summed E-state index contributed by atoms with van der Waals surface area (Å²) in [5.74, 6) is 0. The fourth-order valence-corrected chi connectivity index (χ4v) is 3.51. The zero-order valence-electron chi connectivity index (χ0n) is 13.5. The number of ether oxygens (including phenoxy) is 1. The van der Waals surface area contributed by atoms with Gasteiger partial charge in [-0.05, 0) is 25.0 Å². The summed E-state index contributed by atoms with van der Waals surface area (Å²) in [4.78, 5) is 17.1. The van der Waals surface area contributed by atoms with Crippen LogP contribution in [0.15, 0.2) is 24.3 Å². The molecule has 2 fully saturated rings. The number of carbonyl (C=O) groups is 1. The van der Waals surface area contributed by atoms with Gasteiger partial charge in [0, 0.05) is 32.2 Å². The first-order valence-corrected chi connectivity index (χ1v) is 8.24. The molecule has 0 atom stereocenters. The quantitative estimate of drug-likeness (QED) is 0.781. The highest BCUT2D eigenvalue weighted by molar-refractivity contribution is 5.87. The van der Waals surface area contributed by atoms with Gasteiger partial charge < -0.3 is 9.64 Å². The van der Waals surface area contributed by atoms with Gasteiger partial charge in [0.1, 0.15) is 5.52 Å². The number of hydrogen-bond donors (Lipinski definition) is 0. The summed E-state index contributed by atoms with van der Waals surface area (Å²) in [5.41, 5.74) is 1.52. The molecule has 2 aliphatic rings. The third kappa shape index (κ3) is 3.24. The number of nitrogens with zero attached hydrogens (tertiary/aromatic N) is 5. The molecule has 3 heterocycles. The van der Waals surface area contributed by atoms with Crippen molar-refractivity contribution in [2.24, 2.45) is 0 Å². The molecule has 2 aliphatic heterocycles. The van der Waals surface area contributed by atoms with Crippen LogP contribution in [-0.4, -0.2) is 76.3 Å². The van der Waals surface area contributed by atoms with Crippen LogP contribution in [0.5, 0.6) is 0 Å². The molecule has 0 aliphatic carbocycles. The Hall–Kier alpha value is -1.70. The Morgan fingerprint density at radius 1 is 1.08 bits per heavy atom. The Kier molecular flexibility index (Phi) is 5.33. The van der Waals surface area contributed by atoms with Crippen molar-refractivity contribution in [3.63, 3.8) is 0 Å². The van der Waals surface area contributed by atoms with E-state index >= 15 is 0 Å². The van der Waals surface area contributed by atoms with E-state index in [2.05, 4.69) is 15.2 Å². The summed E-state index contributed by atoms with van der Waals surface area (Å²) in [6, 6.07) is 8.05. The highest BCUT2D eigenvalue weighted by atomic mass is 35.5. The third-order valence-electron chi connectivity index (χ3n) is 4.83. The fourth-order valence-electron chi connectivity index (χ4n) is 3.51. The molecule has 24 heavy (non-hydrogen) atoms. The van der Waals surface area contributed by atoms with Crippen molar-refractivity contribution < 1.29 is 9.53 Å². The first kappa shape index (κ1) is 17.1. The number of benzene rings is 1. The maximum atomic E-state index is 12.7. The van der Waals surface area contributed by atoms with E-state index in [9.17, 15) is 4.79 Å². The smallest absolute Gasteiger partial charge is 0.346 e. The second kappa shape index (κ2) is 7.46. The van der Waals surface area contributed by atoms with Crippen LogP contribution < -0.4 is 0 Å². The molecule has 0 spiro atoms. The van der Waals surface area contributed by atoms with Crippen LogP contribution >= 0.6 is 12.4 Å². The fraction of sp³-hybridized carbons (Fsp3) is 0.562. The lowest BCUT2D eigenvalue weighted by Crippen LogP contribution is -2.50. The summed E-state index contributed by atoms with van der Waals surface area (Å²) in [6.45, 7) is 5.21. The zero-order chi connectivity index (χ0) is 15.6. The van der Waals surface area contributed by atoms with Crippen LogP contribution in [0.4, 0.5) is 4.79 Å². The molecule has 2 aromatic rings. The van der Waals surface area contributed by atoms with Crippen LogP contribution in [0.2, 0.25) is 0 Å². The van der Waals surface area contributed by atoms with Crippen molar-refractivity contribution >= 4 is 29.5 Å². The van der Waals surface area contributed by atoms with E-state index in [1.807, 2.05) is 29.2 Å². The Labute approximate surface area is 146 Å². The molecule has 7 nitrogen and oxygen atoms in total. The van der Waals surface area contributed by atoms with E-state index in [-0.39, 0.29) is 18.4 Å². The summed E-state index contributed by atoms with van der Waals surface area (Å²) in [7, 11) is 0. The van der Waals surface area contributed by atoms with Crippen LogP contribution in [0.1, 0.15) is 12.8 Å². The van der Waals surface area contributed by atoms with Gasteiger partial charge in [0.05, 0.1) is 18.7 Å². The molecule has 1 aromatic carbocycles. The lowest BCUT2D eigenvalue weighted by molar-refractivity contribution is 0.00378. The average molecular weight is 352 g/mol. The molecule has 8 heteroatoms. The molecular formula is C16H22ClN5O2. The van der Waals surface area contributed by atoms with Crippen molar-refractivity contribution in [1.82, 2.24) is 24.8 Å². The number of fused-ring (bicyclic) bond motifs is 1. The van der Waals surface area contributed by atoms with Crippen molar-refractivity contribution in [2.45, 2.75) is 18.9 Å². The van der Waals surface area contributed by atoms with E-state index in [4.69, 9.17) is 4.74 Å². The number of amides is 1. The zero-order valence-corrected chi connectivity index (χ0v) is 14.3. The molecule has 0 N–H and O–H groups in total. The Morgan fingerprint density at radius 3 is 2.54 bits per heavy atom. The Morgan fingerprint density at radius 2 is 1.79 bits per heavy atom. The SMILES string of the molecule is Cl.O=C(N1CCC(N2CCOCC2)CC1)n1nnc2ccccc21. The van der Waals surface area contributed by atoms with Gasteiger partial charge in [0.2, 0.25) is 0 Å². The minimum Gasteiger partial charge on any atom is -0.379 e. The predicted octanol–water partition coefficient (Wildman–Crippen LogP) is 1.62. The highest BCUT2D eigenvalue weighted by Gasteiger charge is 2.29. The number of para-hydroxylation sites is 1. The van der Waals surface area contributed by atoms with Gasteiger partial charge in [-0.3, -0.25) is 4.90 Å². The number of likely N-dealkylation sites (tertiary alicyclic amines) is 1. The minimum atomic E-state index is -0.0703. The van der Waals surface area contributed by atoms with Crippen molar-refractivity contribution in [1.29, 1.82) is 0 Å². The predicted molar refractivity (Wildman–Crippen MR) is 92.6 cm³/mol. The Balaban J connectivity index is 0.00000169. The van der Waals surface area contributed by atoms with Crippen molar-refractivity contribution in [3.8, 4) is 0 Å². The molecule has 1 aromatic heterocycles. The molecule has 0 saturated carbocycles. The lowest BCUT2D eigenvalue weighted by atomic mass is 10.0. The summed E-state index contributed by atoms with van der Waals surface area (Å²) in [6.07, 6.45) is 2.02. The van der Waals surface area contributed by atoms with Crippen LogP contribution in [-0.2, 0) is 4.74 Å². The van der Waals surface area contributed by atoms with Gasteiger partial charge in [-0.25, -0.2) is 4.79 Å². The number of carbonyl (C=O) groups excluding carboxylic acids is 1. The molecule has 130 valence electrons. The number of halogens is 1. The van der Waals surface area contributed by atoms with E-state index in [0.717, 1.165) is 63.3 Å². The number of piperidine rings is 1. The summed E-state index contributed by atoms with van der Waals surface area (Å²) in [5, 5.41) is 8.09. The lowest BCUT2D eigenvalue weighted by Gasteiger charge is -2.39. The maximum Gasteiger partial charge on any atom is 0.346 e. The summed E-state index contributed by atoms with van der Waals surface area (Å²) < 4.78 is 6.84. The minimum absolute atomic E-state index is 0. The van der Waals surface area contributed by atoms with Crippen LogP contribution in [0.3, 0.4) is 0 Å². The molecule has 1 amide bonds. The van der Waals surface area contributed by atoms with E-state index in [1.54, 1.807) is 0 Å². The van der Waals surface area contributed by atoms with E-state index in [0.29, 0.717) is 6.04 Å². The molecule has 0 unspecified atom stereocenters. The van der Waals surface area contributed by atoms with E-state index < -0.39 is 0 Å². The van der Waals surface area contributed by atoms with Crippen molar-refractivity contribution in [3.05, 3.63) is 24.3 Å². The third-order valence-corrected chi connectivity index (χ3v) is 4.83. The normalized spacial score (nSPS) is 20.1. The topological polar surface area (TPSA) is 63.5 Å². The van der Waals surface area contributed by atoms with Gasteiger partial charge in [-0.1, -0.05) is 17.3 Å². The van der Waals surface area contributed by atoms with E-state index in [1.165, 1.54) is 4.68 Å². The standard InChI is InChI=1S/C16H21N5O2.ClH/c22-16(21-15-4-2-1-3-14(15)17-18-21)20-7-5-13(6-8-20)19-9-11-23-12-10-19;/h1-4,13H,5-12H2;1H. The number of morpholine rings is 1. The second-order valence-corrected chi connectivity index (χ2v) is 6.14. The largest absolute Gasteiger partial charge is 0.379 e. The number of hydrogen-bond acceptors (Lipinski definition) is 5. The number of rotatable bonds is 1. The first-order valence-electron chi connectivity index (χ1n) is 8.24. The van der Waals surface area contributed by atoms with Gasteiger partial charge in [-0.2, -0.15) is 4.68 Å². The molecule has 2 saturated heterocycles.